The molecule has 0 saturated carbocycles. The maximum Gasteiger partial charge on any atom is 0.233 e. The molecular weight excluding hydrogens is 281 g/mol. The van der Waals surface area contributed by atoms with Gasteiger partial charge in [0, 0.05) is 17.5 Å². The third kappa shape index (κ3) is 3.01. The van der Waals surface area contributed by atoms with Gasteiger partial charge in [-0.1, -0.05) is 24.5 Å². The maximum absolute atomic E-state index is 11.6. The van der Waals surface area contributed by atoms with Gasteiger partial charge in [-0.05, 0) is 29.8 Å². The average Bonchev–Trinajstić information content (AvgIpc) is 2.95. The Morgan fingerprint density at radius 1 is 1.24 bits per heavy atom. The van der Waals surface area contributed by atoms with Crippen LogP contribution in [0.3, 0.4) is 0 Å². The summed E-state index contributed by atoms with van der Waals surface area (Å²) in [5.41, 5.74) is 4.04. The fraction of sp³-hybridized carbons (Fsp3) is 0.0625. The topological polar surface area (TPSA) is 57.8 Å². The van der Waals surface area contributed by atoms with E-state index in [0.29, 0.717) is 12.0 Å². The predicted octanol–water partition coefficient (Wildman–Crippen LogP) is 3.50. The summed E-state index contributed by atoms with van der Waals surface area (Å²) in [6, 6.07) is 13.8. The molecule has 0 fully saturated rings. The van der Waals surface area contributed by atoms with Crippen LogP contribution in [0.15, 0.2) is 48.7 Å². The Balaban J connectivity index is 1.90. The lowest BCUT2D eigenvalue weighted by Gasteiger charge is -2.07. The molecule has 1 amide bonds. The zero-order valence-electron chi connectivity index (χ0n) is 11.3. The molecule has 2 aliphatic rings. The van der Waals surface area contributed by atoms with Gasteiger partial charge in [-0.25, -0.2) is 4.98 Å². The van der Waals surface area contributed by atoms with Gasteiger partial charge in [-0.3, -0.25) is 4.79 Å². The molecule has 2 heterocycles. The van der Waals surface area contributed by atoms with Gasteiger partial charge in [0.05, 0.1) is 11.9 Å². The third-order valence-corrected chi connectivity index (χ3v) is 3.62. The van der Waals surface area contributed by atoms with Crippen LogP contribution >= 0.6 is 8.20 Å². The van der Waals surface area contributed by atoms with Crippen LogP contribution in [0, 0.1) is 0 Å². The van der Waals surface area contributed by atoms with Crippen molar-refractivity contribution in [2.24, 2.45) is 0 Å². The second kappa shape index (κ2) is 5.90. The molecule has 21 heavy (non-hydrogen) atoms. The summed E-state index contributed by atoms with van der Waals surface area (Å²) >= 11 is 0. The Hall–Kier alpha value is -2.45. The van der Waals surface area contributed by atoms with E-state index in [1.165, 1.54) is 0 Å². The Labute approximate surface area is 124 Å². The number of H-pyrrole nitrogens is 1. The highest BCUT2D eigenvalue weighted by Gasteiger charge is 2.07. The largest absolute Gasteiger partial charge is 0.361 e. The first kappa shape index (κ1) is 13.5. The second-order valence-corrected chi connectivity index (χ2v) is 5.38. The van der Waals surface area contributed by atoms with E-state index in [-0.39, 0.29) is 5.91 Å². The molecule has 3 rings (SSSR count). The standard InChI is InChI=1S/C16H14N3OP/c1-21-10-16(20)19-15-7-3-6-14(18-15)12-8-11-4-2-5-13(11)17-9-12/h2-9,17H,1,10H2,(H,18,19,20). The van der Waals surface area contributed by atoms with Crippen molar-refractivity contribution in [3.05, 3.63) is 48.7 Å². The number of nitrogens with zero attached hydrogens (tertiary/aromatic N) is 1. The summed E-state index contributed by atoms with van der Waals surface area (Å²) < 4.78 is 0. The van der Waals surface area contributed by atoms with Crippen molar-refractivity contribution in [1.29, 1.82) is 0 Å². The minimum Gasteiger partial charge on any atom is -0.361 e. The van der Waals surface area contributed by atoms with Gasteiger partial charge in [0.2, 0.25) is 5.91 Å². The molecule has 0 aromatic carbocycles. The summed E-state index contributed by atoms with van der Waals surface area (Å²) in [6.45, 7) is 0. The van der Waals surface area contributed by atoms with Crippen molar-refractivity contribution in [3.63, 3.8) is 0 Å². The molecule has 4 nitrogen and oxygen atoms in total. The van der Waals surface area contributed by atoms with Crippen molar-refractivity contribution in [2.75, 3.05) is 11.5 Å². The summed E-state index contributed by atoms with van der Waals surface area (Å²) in [5, 5.41) is 2.78. The quantitative estimate of drug-likeness (QED) is 0.724. The first-order valence-corrected chi connectivity index (χ1v) is 7.79. The van der Waals surface area contributed by atoms with Crippen molar-refractivity contribution < 1.29 is 4.79 Å². The number of aromatic nitrogens is 2. The van der Waals surface area contributed by atoms with Gasteiger partial charge in [0.1, 0.15) is 5.82 Å². The van der Waals surface area contributed by atoms with E-state index in [9.17, 15) is 4.79 Å². The smallest absolute Gasteiger partial charge is 0.233 e. The van der Waals surface area contributed by atoms with Crippen LogP contribution in [0.1, 0.15) is 0 Å². The molecule has 0 radical (unpaired) electrons. The number of hydrogen-bond acceptors (Lipinski definition) is 2. The molecule has 0 unspecified atom stereocenters. The van der Waals surface area contributed by atoms with Crippen molar-refractivity contribution in [1.82, 2.24) is 9.97 Å². The number of nitrogens with one attached hydrogen (secondary N) is 2. The van der Waals surface area contributed by atoms with E-state index in [2.05, 4.69) is 27.7 Å². The van der Waals surface area contributed by atoms with Gasteiger partial charge in [0.25, 0.3) is 0 Å². The number of amides is 1. The lowest BCUT2D eigenvalue weighted by molar-refractivity contribution is -0.113. The molecule has 104 valence electrons. The monoisotopic (exact) mass is 295 g/mol. The van der Waals surface area contributed by atoms with E-state index in [4.69, 9.17) is 0 Å². The van der Waals surface area contributed by atoms with E-state index in [0.717, 1.165) is 30.7 Å². The number of pyridine rings is 2. The number of aromatic amines is 1. The second-order valence-electron chi connectivity index (χ2n) is 4.62. The zero-order valence-corrected chi connectivity index (χ0v) is 12.2. The molecule has 0 bridgehead atoms. The zero-order chi connectivity index (χ0) is 14.7. The molecule has 1 aromatic heterocycles. The lowest BCUT2D eigenvalue weighted by Crippen LogP contribution is -2.13. The Morgan fingerprint density at radius 2 is 2.10 bits per heavy atom. The molecule has 5 heteroatoms. The van der Waals surface area contributed by atoms with Crippen molar-refractivity contribution in [2.45, 2.75) is 0 Å². The molecule has 1 aromatic rings. The maximum atomic E-state index is 11.6. The Bertz CT molecular complexity index is 766. The SMILES string of the molecule is C=PCC(=O)Nc1cccc(-c2c[nH]c3cccc-3c2)n1. The highest BCUT2D eigenvalue weighted by molar-refractivity contribution is 7.37. The third-order valence-electron chi connectivity index (χ3n) is 3.11. The van der Waals surface area contributed by atoms with Gasteiger partial charge < -0.3 is 10.3 Å². The van der Waals surface area contributed by atoms with Crippen LogP contribution in [0.5, 0.6) is 0 Å². The molecule has 2 N–H and O–H groups in total. The minimum absolute atomic E-state index is 0.0747. The highest BCUT2D eigenvalue weighted by Crippen LogP contribution is 2.26. The summed E-state index contributed by atoms with van der Waals surface area (Å²) in [6.07, 6.45) is 5.94. The molecule has 0 spiro atoms. The Kier molecular flexibility index (Phi) is 3.80. The molecule has 1 aliphatic heterocycles. The highest BCUT2D eigenvalue weighted by atomic mass is 31.1. The number of fused-ring (bicyclic) bond motifs is 1. The van der Waals surface area contributed by atoms with Crippen LogP contribution in [0.4, 0.5) is 5.82 Å². The van der Waals surface area contributed by atoms with E-state index < -0.39 is 0 Å². The number of anilines is 1. The average molecular weight is 295 g/mol. The van der Waals surface area contributed by atoms with Crippen LogP contribution < -0.4 is 5.32 Å². The molecule has 0 atom stereocenters. The first-order valence-electron chi connectivity index (χ1n) is 6.53. The van der Waals surface area contributed by atoms with Gasteiger partial charge in [0.15, 0.2) is 0 Å². The number of rotatable bonds is 4. The van der Waals surface area contributed by atoms with E-state index in [1.54, 1.807) is 6.07 Å². The summed E-state index contributed by atoms with van der Waals surface area (Å²) in [5.74, 6) is 0.484. The number of hydrogen-bond donors (Lipinski definition) is 2. The van der Waals surface area contributed by atoms with Crippen LogP contribution in [-0.4, -0.2) is 28.3 Å². The van der Waals surface area contributed by atoms with Crippen LogP contribution in [-0.2, 0) is 4.79 Å². The normalized spacial score (nSPS) is 10.9. The summed E-state index contributed by atoms with van der Waals surface area (Å²) in [4.78, 5) is 19.3. The van der Waals surface area contributed by atoms with E-state index >= 15 is 0 Å². The van der Waals surface area contributed by atoms with Gasteiger partial charge in [-0.15, -0.1) is 8.20 Å². The number of carbonyl (C=O) groups is 1. The van der Waals surface area contributed by atoms with Crippen LogP contribution in [0.2, 0.25) is 0 Å². The van der Waals surface area contributed by atoms with Crippen molar-refractivity contribution in [3.8, 4) is 22.5 Å². The fourth-order valence-electron chi connectivity index (χ4n) is 2.15. The predicted molar refractivity (Wildman–Crippen MR) is 88.2 cm³/mol. The number of carbonyl (C=O) groups excluding carboxylic acids is 1. The van der Waals surface area contributed by atoms with Crippen LogP contribution in [0.25, 0.3) is 22.5 Å². The molecular formula is C16H14N3OP. The summed E-state index contributed by atoms with van der Waals surface area (Å²) in [7, 11) is 0.797. The minimum atomic E-state index is -0.0747. The van der Waals surface area contributed by atoms with Crippen molar-refractivity contribution >= 4 is 26.2 Å². The van der Waals surface area contributed by atoms with Gasteiger partial charge in [-0.2, -0.15) is 0 Å². The molecule has 0 saturated heterocycles. The Morgan fingerprint density at radius 3 is 2.95 bits per heavy atom. The first-order chi connectivity index (χ1) is 10.3. The van der Waals surface area contributed by atoms with Gasteiger partial charge >= 0.3 is 0 Å². The fourth-order valence-corrected chi connectivity index (χ4v) is 2.44. The lowest BCUT2D eigenvalue weighted by atomic mass is 10.1. The van der Waals surface area contributed by atoms with E-state index in [1.807, 2.05) is 36.5 Å². The molecule has 1 aliphatic carbocycles.